The van der Waals surface area contributed by atoms with Crippen LogP contribution in [0.3, 0.4) is 0 Å². The van der Waals surface area contributed by atoms with Crippen molar-refractivity contribution in [1.82, 2.24) is 15.5 Å². The quantitative estimate of drug-likeness (QED) is 0.729. The molecular formula is C14H19N3O4. The molecule has 2 amide bonds. The minimum atomic E-state index is -0.647. The van der Waals surface area contributed by atoms with E-state index in [4.69, 9.17) is 9.47 Å². The van der Waals surface area contributed by atoms with Crippen molar-refractivity contribution in [1.29, 1.82) is 0 Å². The average molecular weight is 293 g/mol. The van der Waals surface area contributed by atoms with Crippen molar-refractivity contribution in [3.63, 3.8) is 0 Å². The number of hydrogen-bond donors (Lipinski definition) is 2. The van der Waals surface area contributed by atoms with Gasteiger partial charge in [-0.05, 0) is 31.8 Å². The molecular weight excluding hydrogens is 274 g/mol. The zero-order chi connectivity index (χ0) is 15.2. The summed E-state index contributed by atoms with van der Waals surface area (Å²) in [6.07, 6.45) is 0. The molecule has 7 nitrogen and oxygen atoms in total. The fraction of sp³-hybridized carbons (Fsp3) is 0.429. The number of fused-ring (bicyclic) bond motifs is 1. The standard InChI is InChI=1S/C14H19N3O4/c1-17(2)6-5-15-13(18)14(19)16-8-10-3-4-11-12(7-10)21-9-20-11/h3-4,7H,5-6,8-9H2,1-2H3,(H,15,18)(H,16,19). The third-order valence-electron chi connectivity index (χ3n) is 2.94. The monoisotopic (exact) mass is 293 g/mol. The first-order chi connectivity index (χ1) is 10.1. The van der Waals surface area contributed by atoms with Crippen LogP contribution in [0.5, 0.6) is 11.5 Å². The van der Waals surface area contributed by atoms with Crippen molar-refractivity contribution in [3.05, 3.63) is 23.8 Å². The van der Waals surface area contributed by atoms with Gasteiger partial charge >= 0.3 is 11.8 Å². The van der Waals surface area contributed by atoms with Gasteiger partial charge in [-0.1, -0.05) is 6.07 Å². The largest absolute Gasteiger partial charge is 0.454 e. The Morgan fingerprint density at radius 1 is 1.14 bits per heavy atom. The van der Waals surface area contributed by atoms with Crippen molar-refractivity contribution in [3.8, 4) is 11.5 Å². The lowest BCUT2D eigenvalue weighted by Gasteiger charge is -2.10. The molecule has 1 aliphatic heterocycles. The van der Waals surface area contributed by atoms with Crippen LogP contribution >= 0.6 is 0 Å². The van der Waals surface area contributed by atoms with Crippen LogP contribution < -0.4 is 20.1 Å². The molecule has 0 aliphatic carbocycles. The molecule has 0 atom stereocenters. The summed E-state index contributed by atoms with van der Waals surface area (Å²) in [5, 5.41) is 5.12. The molecule has 1 aromatic rings. The lowest BCUT2D eigenvalue weighted by Crippen LogP contribution is -2.41. The molecule has 1 heterocycles. The number of nitrogens with one attached hydrogen (secondary N) is 2. The molecule has 1 aromatic carbocycles. The van der Waals surface area contributed by atoms with E-state index in [-0.39, 0.29) is 13.3 Å². The van der Waals surface area contributed by atoms with Crippen LogP contribution in [0, 0.1) is 0 Å². The lowest BCUT2D eigenvalue weighted by molar-refractivity contribution is -0.139. The first kappa shape index (κ1) is 15.1. The van der Waals surface area contributed by atoms with E-state index in [9.17, 15) is 9.59 Å². The number of carbonyl (C=O) groups is 2. The van der Waals surface area contributed by atoms with Crippen molar-refractivity contribution in [2.75, 3.05) is 34.0 Å². The Balaban J connectivity index is 1.77. The first-order valence-corrected chi connectivity index (χ1v) is 6.65. The second-order valence-electron chi connectivity index (χ2n) is 4.93. The van der Waals surface area contributed by atoms with E-state index in [1.807, 2.05) is 25.1 Å². The van der Waals surface area contributed by atoms with Gasteiger partial charge in [0.2, 0.25) is 6.79 Å². The lowest BCUT2D eigenvalue weighted by atomic mass is 10.2. The van der Waals surface area contributed by atoms with Gasteiger partial charge in [0.1, 0.15) is 0 Å². The Morgan fingerprint density at radius 3 is 2.62 bits per heavy atom. The number of benzene rings is 1. The minimum absolute atomic E-state index is 0.208. The van der Waals surface area contributed by atoms with Crippen molar-refractivity contribution in [2.45, 2.75) is 6.54 Å². The van der Waals surface area contributed by atoms with Crippen LogP contribution in [0.1, 0.15) is 5.56 Å². The van der Waals surface area contributed by atoms with Crippen LogP contribution in [-0.2, 0) is 16.1 Å². The number of rotatable bonds is 5. The van der Waals surface area contributed by atoms with Crippen LogP contribution in [0.4, 0.5) is 0 Å². The SMILES string of the molecule is CN(C)CCNC(=O)C(=O)NCc1ccc2c(c1)OCO2. The maximum Gasteiger partial charge on any atom is 0.309 e. The number of hydrogen-bond acceptors (Lipinski definition) is 5. The Morgan fingerprint density at radius 2 is 1.86 bits per heavy atom. The predicted molar refractivity (Wildman–Crippen MR) is 76.0 cm³/mol. The van der Waals surface area contributed by atoms with Crippen LogP contribution in [0.2, 0.25) is 0 Å². The molecule has 0 aromatic heterocycles. The van der Waals surface area contributed by atoms with Crippen molar-refractivity contribution in [2.24, 2.45) is 0 Å². The van der Waals surface area contributed by atoms with Gasteiger partial charge in [-0.25, -0.2) is 0 Å². The summed E-state index contributed by atoms with van der Waals surface area (Å²) in [7, 11) is 3.79. The van der Waals surface area contributed by atoms with Gasteiger partial charge in [0.15, 0.2) is 11.5 Å². The molecule has 2 rings (SSSR count). The van der Waals surface area contributed by atoms with Gasteiger partial charge in [-0.3, -0.25) is 9.59 Å². The average Bonchev–Trinajstić information content (AvgIpc) is 2.91. The van der Waals surface area contributed by atoms with Crippen LogP contribution in [0.15, 0.2) is 18.2 Å². The molecule has 0 unspecified atom stereocenters. The highest BCUT2D eigenvalue weighted by atomic mass is 16.7. The topological polar surface area (TPSA) is 79.9 Å². The fourth-order valence-electron chi connectivity index (χ4n) is 1.79. The van der Waals surface area contributed by atoms with Crippen molar-refractivity contribution >= 4 is 11.8 Å². The van der Waals surface area contributed by atoms with Gasteiger partial charge in [-0.15, -0.1) is 0 Å². The van der Waals surface area contributed by atoms with Gasteiger partial charge < -0.3 is 25.0 Å². The van der Waals surface area contributed by atoms with E-state index in [2.05, 4.69) is 10.6 Å². The maximum absolute atomic E-state index is 11.6. The summed E-state index contributed by atoms with van der Waals surface area (Å²) >= 11 is 0. The minimum Gasteiger partial charge on any atom is -0.454 e. The summed E-state index contributed by atoms with van der Waals surface area (Å²) in [5.41, 5.74) is 0.841. The fourth-order valence-corrected chi connectivity index (χ4v) is 1.79. The Kier molecular flexibility index (Phi) is 4.99. The molecule has 0 spiro atoms. The molecule has 0 saturated carbocycles. The Hall–Kier alpha value is -2.28. The number of likely N-dealkylation sites (N-methyl/N-ethyl adjacent to an activating group) is 1. The van der Waals surface area contributed by atoms with E-state index >= 15 is 0 Å². The maximum atomic E-state index is 11.6. The predicted octanol–water partition coefficient (Wildman–Crippen LogP) is -0.291. The van der Waals surface area contributed by atoms with E-state index in [0.717, 1.165) is 5.56 Å². The van der Waals surface area contributed by atoms with Gasteiger partial charge in [-0.2, -0.15) is 0 Å². The summed E-state index contributed by atoms with van der Waals surface area (Å²) in [4.78, 5) is 25.1. The number of ether oxygens (including phenoxy) is 2. The molecule has 2 N–H and O–H groups in total. The molecule has 0 bridgehead atoms. The highest BCUT2D eigenvalue weighted by Gasteiger charge is 2.15. The molecule has 1 aliphatic rings. The summed E-state index contributed by atoms with van der Waals surface area (Å²) < 4.78 is 10.5. The zero-order valence-electron chi connectivity index (χ0n) is 12.1. The molecule has 0 radical (unpaired) electrons. The third kappa shape index (κ3) is 4.35. The highest BCUT2D eigenvalue weighted by molar-refractivity contribution is 6.35. The second-order valence-corrected chi connectivity index (χ2v) is 4.93. The molecule has 0 saturated heterocycles. The van der Waals surface area contributed by atoms with Gasteiger partial charge in [0.25, 0.3) is 0 Å². The molecule has 114 valence electrons. The number of amides is 2. The summed E-state index contributed by atoms with van der Waals surface area (Å²) in [5.74, 6) is 0.0627. The van der Waals surface area contributed by atoms with E-state index in [1.54, 1.807) is 12.1 Å². The third-order valence-corrected chi connectivity index (χ3v) is 2.94. The van der Waals surface area contributed by atoms with E-state index < -0.39 is 11.8 Å². The normalized spacial score (nSPS) is 12.3. The number of nitrogens with zero attached hydrogens (tertiary/aromatic N) is 1. The Bertz CT molecular complexity index is 531. The Labute approximate surface area is 123 Å². The second kappa shape index (κ2) is 6.94. The van der Waals surface area contributed by atoms with Crippen LogP contribution in [0.25, 0.3) is 0 Å². The van der Waals surface area contributed by atoms with E-state index in [0.29, 0.717) is 24.6 Å². The number of carbonyl (C=O) groups excluding carboxylic acids is 2. The molecule has 21 heavy (non-hydrogen) atoms. The van der Waals surface area contributed by atoms with Crippen LogP contribution in [-0.4, -0.2) is 50.7 Å². The zero-order valence-corrected chi connectivity index (χ0v) is 12.1. The molecule has 0 fully saturated rings. The van der Waals surface area contributed by atoms with Gasteiger partial charge in [0, 0.05) is 19.6 Å². The summed E-state index contributed by atoms with van der Waals surface area (Å²) in [6.45, 7) is 1.58. The summed E-state index contributed by atoms with van der Waals surface area (Å²) in [6, 6.07) is 5.38. The smallest absolute Gasteiger partial charge is 0.309 e. The van der Waals surface area contributed by atoms with Crippen molar-refractivity contribution < 1.29 is 19.1 Å². The first-order valence-electron chi connectivity index (χ1n) is 6.65. The highest BCUT2D eigenvalue weighted by Crippen LogP contribution is 2.32. The van der Waals surface area contributed by atoms with Gasteiger partial charge in [0.05, 0.1) is 0 Å². The molecule has 7 heteroatoms. The van der Waals surface area contributed by atoms with E-state index in [1.165, 1.54) is 0 Å².